The summed E-state index contributed by atoms with van der Waals surface area (Å²) in [6.07, 6.45) is 11.2. The largest absolute Gasteiger partial charge is 0.325 e. The van der Waals surface area contributed by atoms with Gasteiger partial charge in [-0.2, -0.15) is 0 Å². The average molecular weight is 374 g/mol. The Balaban J connectivity index is 1.89. The van der Waals surface area contributed by atoms with Crippen molar-refractivity contribution in [2.45, 2.75) is 58.0 Å². The zero-order valence-electron chi connectivity index (χ0n) is 17.1. The maximum absolute atomic E-state index is 13.3. The molecule has 1 saturated heterocycles. The van der Waals surface area contributed by atoms with Gasteiger partial charge in [0.15, 0.2) is 0 Å². The van der Waals surface area contributed by atoms with E-state index in [4.69, 9.17) is 0 Å². The van der Waals surface area contributed by atoms with Crippen LogP contribution in [0.3, 0.4) is 0 Å². The van der Waals surface area contributed by atoms with Crippen LogP contribution in [0.25, 0.3) is 0 Å². The number of nitrogens with zero attached hydrogens (tertiary/aromatic N) is 1. The monoisotopic (exact) mass is 373 g/mol. The average Bonchev–Trinajstić information content (AvgIpc) is 3.20. The smallest absolute Gasteiger partial charge is 0.247 e. The van der Waals surface area contributed by atoms with Crippen LogP contribution >= 0.6 is 0 Å². The lowest BCUT2D eigenvalue weighted by Gasteiger charge is -2.30. The fourth-order valence-corrected chi connectivity index (χ4v) is 4.05. The Morgan fingerprint density at radius 2 is 1.43 bits per heavy atom. The number of carbonyl (C=O) groups is 1. The summed E-state index contributed by atoms with van der Waals surface area (Å²) >= 11 is 0. The second-order valence-corrected chi connectivity index (χ2v) is 7.43. The summed E-state index contributed by atoms with van der Waals surface area (Å²) in [6.45, 7) is 4.32. The first-order valence-corrected chi connectivity index (χ1v) is 10.5. The van der Waals surface area contributed by atoms with E-state index >= 15 is 0 Å². The molecule has 0 unspecified atom stereocenters. The third kappa shape index (κ3) is 4.81. The lowest BCUT2D eigenvalue weighted by molar-refractivity contribution is -0.129. The van der Waals surface area contributed by atoms with Gasteiger partial charge in [0.2, 0.25) is 5.91 Å². The van der Waals surface area contributed by atoms with Crippen LogP contribution in [0.5, 0.6) is 0 Å². The fourth-order valence-electron chi connectivity index (χ4n) is 4.05. The first-order valence-electron chi connectivity index (χ1n) is 10.5. The van der Waals surface area contributed by atoms with Crippen molar-refractivity contribution in [2.75, 3.05) is 0 Å². The van der Waals surface area contributed by atoms with Gasteiger partial charge in [0.25, 0.3) is 0 Å². The zero-order valence-corrected chi connectivity index (χ0v) is 17.1. The lowest BCUT2D eigenvalue weighted by atomic mass is 10.0. The highest BCUT2D eigenvalue weighted by Gasteiger charge is 2.37. The molecule has 3 rings (SSSR count). The molecule has 1 amide bonds. The number of allylic oxidation sites excluding steroid dienone is 3. The Bertz CT molecular complexity index is 759. The molecule has 0 N–H and O–H groups in total. The molecular formula is C26H31NO. The summed E-state index contributed by atoms with van der Waals surface area (Å²) in [5.41, 5.74) is 3.68. The molecular weight excluding hydrogens is 342 g/mol. The second kappa shape index (κ2) is 10.1. The molecule has 0 spiro atoms. The summed E-state index contributed by atoms with van der Waals surface area (Å²) in [5, 5.41) is 0. The van der Waals surface area contributed by atoms with Gasteiger partial charge >= 0.3 is 0 Å². The van der Waals surface area contributed by atoms with Crippen LogP contribution in [0.1, 0.15) is 69.2 Å². The summed E-state index contributed by atoms with van der Waals surface area (Å²) in [6, 6.07) is 21.1. The molecule has 0 aromatic heterocycles. The molecule has 1 fully saturated rings. The van der Waals surface area contributed by atoms with Gasteiger partial charge in [0, 0.05) is 6.08 Å². The Labute approximate surface area is 169 Å². The van der Waals surface area contributed by atoms with Gasteiger partial charge in [-0.15, -0.1) is 0 Å². The second-order valence-electron chi connectivity index (χ2n) is 7.43. The van der Waals surface area contributed by atoms with E-state index in [1.54, 1.807) is 6.08 Å². The van der Waals surface area contributed by atoms with Crippen LogP contribution in [0.4, 0.5) is 0 Å². The van der Waals surface area contributed by atoms with Crippen molar-refractivity contribution in [2.24, 2.45) is 0 Å². The Kier molecular flexibility index (Phi) is 7.25. The van der Waals surface area contributed by atoms with E-state index in [1.165, 1.54) is 16.7 Å². The molecule has 146 valence electrons. The minimum atomic E-state index is 0.107. The van der Waals surface area contributed by atoms with Crippen molar-refractivity contribution in [3.63, 3.8) is 0 Å². The van der Waals surface area contributed by atoms with Gasteiger partial charge in [0.1, 0.15) is 0 Å². The van der Waals surface area contributed by atoms with Crippen molar-refractivity contribution < 1.29 is 4.79 Å². The van der Waals surface area contributed by atoms with Crippen molar-refractivity contribution in [3.05, 3.63) is 95.6 Å². The van der Waals surface area contributed by atoms with E-state index in [2.05, 4.69) is 73.4 Å². The van der Waals surface area contributed by atoms with Crippen molar-refractivity contribution in [3.8, 4) is 0 Å². The van der Waals surface area contributed by atoms with Gasteiger partial charge in [0.05, 0.1) is 12.1 Å². The highest BCUT2D eigenvalue weighted by molar-refractivity contribution is 5.89. The summed E-state index contributed by atoms with van der Waals surface area (Å²) < 4.78 is 0. The SMILES string of the molecule is CCC/C=C(/C=C/C(=O)N1[C@H](c2ccccc2)CC[C@H]1c1ccccc1)CC. The number of benzene rings is 2. The van der Waals surface area contributed by atoms with Crippen molar-refractivity contribution in [1.29, 1.82) is 0 Å². The quantitative estimate of drug-likeness (QED) is 0.387. The Hall–Kier alpha value is -2.61. The highest BCUT2D eigenvalue weighted by Crippen LogP contribution is 2.44. The van der Waals surface area contributed by atoms with E-state index in [1.807, 2.05) is 18.2 Å². The molecule has 0 bridgehead atoms. The molecule has 2 aromatic rings. The van der Waals surface area contributed by atoms with E-state index in [0.717, 1.165) is 32.1 Å². The highest BCUT2D eigenvalue weighted by atomic mass is 16.2. The molecule has 0 radical (unpaired) electrons. The van der Waals surface area contributed by atoms with E-state index in [9.17, 15) is 4.79 Å². The lowest BCUT2D eigenvalue weighted by Crippen LogP contribution is -2.31. The molecule has 28 heavy (non-hydrogen) atoms. The number of amides is 1. The van der Waals surface area contributed by atoms with Crippen LogP contribution < -0.4 is 0 Å². The molecule has 2 atom stereocenters. The zero-order chi connectivity index (χ0) is 19.8. The normalized spacial score (nSPS) is 20.1. The standard InChI is InChI=1S/C26H31NO/c1-3-5-12-21(4-2)17-20-26(28)27-24(22-13-8-6-9-14-22)18-19-25(27)23-15-10-7-11-16-23/h6-17,20,24-25H,3-5,18-19H2,1-2H3/b20-17+,21-12+/t24-,25-/m0/s1. The first kappa shape index (κ1) is 20.1. The number of unbranched alkanes of at least 4 members (excludes halogenated alkanes) is 1. The predicted octanol–water partition coefficient (Wildman–Crippen LogP) is 6.78. The molecule has 1 aliphatic rings. The van der Waals surface area contributed by atoms with Crippen LogP contribution in [-0.4, -0.2) is 10.8 Å². The first-order chi connectivity index (χ1) is 13.7. The minimum absolute atomic E-state index is 0.107. The van der Waals surface area contributed by atoms with E-state index in [-0.39, 0.29) is 18.0 Å². The summed E-state index contributed by atoms with van der Waals surface area (Å²) in [7, 11) is 0. The van der Waals surface area contributed by atoms with E-state index < -0.39 is 0 Å². The van der Waals surface area contributed by atoms with Crippen LogP contribution in [-0.2, 0) is 4.79 Å². The van der Waals surface area contributed by atoms with Crippen LogP contribution in [0, 0.1) is 0 Å². The third-order valence-corrected chi connectivity index (χ3v) is 5.55. The number of carbonyl (C=O) groups excluding carboxylic acids is 1. The fraction of sp³-hybridized carbons (Fsp3) is 0.346. The number of rotatable bonds is 7. The minimum Gasteiger partial charge on any atom is -0.325 e. The maximum Gasteiger partial charge on any atom is 0.247 e. The van der Waals surface area contributed by atoms with Gasteiger partial charge in [-0.3, -0.25) is 4.79 Å². The van der Waals surface area contributed by atoms with Gasteiger partial charge in [-0.1, -0.05) is 98.7 Å². The number of hydrogen-bond acceptors (Lipinski definition) is 1. The molecule has 2 nitrogen and oxygen atoms in total. The maximum atomic E-state index is 13.3. The molecule has 2 aromatic carbocycles. The van der Waals surface area contributed by atoms with Crippen molar-refractivity contribution >= 4 is 5.91 Å². The molecule has 2 heteroatoms. The molecule has 0 aliphatic carbocycles. The van der Waals surface area contributed by atoms with E-state index in [0.29, 0.717) is 0 Å². The summed E-state index contributed by atoms with van der Waals surface area (Å²) in [5.74, 6) is 0.107. The van der Waals surface area contributed by atoms with Crippen LogP contribution in [0.15, 0.2) is 84.5 Å². The number of likely N-dealkylation sites (tertiary alicyclic amines) is 1. The summed E-state index contributed by atoms with van der Waals surface area (Å²) in [4.78, 5) is 15.4. The molecule has 1 aliphatic heterocycles. The Morgan fingerprint density at radius 3 is 1.89 bits per heavy atom. The van der Waals surface area contributed by atoms with Crippen molar-refractivity contribution in [1.82, 2.24) is 4.90 Å². The van der Waals surface area contributed by atoms with Gasteiger partial charge < -0.3 is 4.90 Å². The number of hydrogen-bond donors (Lipinski definition) is 0. The molecule has 0 saturated carbocycles. The third-order valence-electron chi connectivity index (χ3n) is 5.55. The predicted molar refractivity (Wildman–Crippen MR) is 117 cm³/mol. The molecule has 1 heterocycles. The van der Waals surface area contributed by atoms with Gasteiger partial charge in [-0.05, 0) is 36.8 Å². The van der Waals surface area contributed by atoms with Gasteiger partial charge in [-0.25, -0.2) is 0 Å². The topological polar surface area (TPSA) is 20.3 Å². The van der Waals surface area contributed by atoms with Crippen LogP contribution in [0.2, 0.25) is 0 Å². The Morgan fingerprint density at radius 1 is 0.893 bits per heavy atom.